The molecule has 2 amide bonds. The van der Waals surface area contributed by atoms with Gasteiger partial charge in [0.15, 0.2) is 0 Å². The fourth-order valence-corrected chi connectivity index (χ4v) is 6.80. The Morgan fingerprint density at radius 3 is 2.54 bits per heavy atom. The number of pyridine rings is 1. The summed E-state index contributed by atoms with van der Waals surface area (Å²) in [4.78, 5) is 34.3. The summed E-state index contributed by atoms with van der Waals surface area (Å²) in [6, 6.07) is 25.0. The van der Waals surface area contributed by atoms with Crippen molar-refractivity contribution in [1.82, 2.24) is 25.3 Å². The Morgan fingerprint density at radius 2 is 1.83 bits per heavy atom. The van der Waals surface area contributed by atoms with Gasteiger partial charge in [-0.05, 0) is 73.5 Å². The van der Waals surface area contributed by atoms with Crippen LogP contribution >= 0.6 is 11.3 Å². The number of nitrogens with one attached hydrogen (secondary N) is 2. The number of hydrogen-bond donors (Lipinski definition) is 2. The quantitative estimate of drug-likeness (QED) is 0.207. The van der Waals surface area contributed by atoms with Crippen molar-refractivity contribution in [2.75, 3.05) is 23.3 Å². The van der Waals surface area contributed by atoms with Gasteiger partial charge >= 0.3 is 0 Å². The molecule has 3 aromatic carbocycles. The number of aromatic nitrogens is 4. The number of thiophene rings is 1. The molecule has 1 saturated heterocycles. The molecule has 0 saturated carbocycles. The zero-order chi connectivity index (χ0) is 31.6. The van der Waals surface area contributed by atoms with E-state index in [9.17, 15) is 9.59 Å². The van der Waals surface area contributed by atoms with Gasteiger partial charge in [-0.2, -0.15) is 0 Å². The molecule has 2 N–H and O–H groups in total. The van der Waals surface area contributed by atoms with E-state index in [2.05, 4.69) is 20.9 Å². The van der Waals surface area contributed by atoms with Crippen LogP contribution in [0, 0.1) is 5.82 Å². The van der Waals surface area contributed by atoms with Gasteiger partial charge in [-0.1, -0.05) is 41.6 Å². The van der Waals surface area contributed by atoms with Crippen molar-refractivity contribution < 1.29 is 14.0 Å². The lowest BCUT2D eigenvalue weighted by Crippen LogP contribution is -2.49. The van der Waals surface area contributed by atoms with Gasteiger partial charge in [0, 0.05) is 51.6 Å². The molecule has 4 heterocycles. The van der Waals surface area contributed by atoms with E-state index in [1.165, 1.54) is 12.1 Å². The van der Waals surface area contributed by atoms with Gasteiger partial charge in [0.2, 0.25) is 0 Å². The largest absolute Gasteiger partial charge is 0.322 e. The van der Waals surface area contributed by atoms with Gasteiger partial charge in [0.25, 0.3) is 11.8 Å². The van der Waals surface area contributed by atoms with E-state index in [0.29, 0.717) is 29.2 Å². The summed E-state index contributed by atoms with van der Waals surface area (Å²) in [6.45, 7) is 1.44. The number of carbonyl (C=O) groups is 2. The van der Waals surface area contributed by atoms with Crippen LogP contribution in [0.3, 0.4) is 0 Å². The van der Waals surface area contributed by atoms with Crippen LogP contribution in [0.1, 0.15) is 33.6 Å². The third kappa shape index (κ3) is 5.90. The number of anilines is 2. The number of fused-ring (bicyclic) bond motifs is 1. The zero-order valence-electron chi connectivity index (χ0n) is 25.0. The van der Waals surface area contributed by atoms with Gasteiger partial charge in [0.1, 0.15) is 17.3 Å². The normalized spacial score (nSPS) is 14.7. The molecule has 7 rings (SSSR count). The Bertz CT molecular complexity index is 2040. The number of carbonyl (C=O) groups excluding carboxylic acids is 2. The van der Waals surface area contributed by atoms with E-state index in [0.717, 1.165) is 45.6 Å². The first kappa shape index (κ1) is 29.5. The van der Waals surface area contributed by atoms with Crippen LogP contribution in [0.5, 0.6) is 0 Å². The average Bonchev–Trinajstić information content (AvgIpc) is 3.73. The van der Waals surface area contributed by atoms with E-state index in [1.807, 2.05) is 54.6 Å². The average molecular weight is 632 g/mol. The maximum Gasteiger partial charge on any atom is 0.262 e. The smallest absolute Gasteiger partial charge is 0.262 e. The Balaban J connectivity index is 1.21. The molecule has 6 aromatic rings. The second kappa shape index (κ2) is 12.6. The lowest BCUT2D eigenvalue weighted by atomic mass is 10.0. The third-order valence-electron chi connectivity index (χ3n) is 8.07. The Morgan fingerprint density at radius 1 is 1.02 bits per heavy atom. The maximum atomic E-state index is 15.6. The molecule has 11 heteroatoms. The molecular formula is C35H30FN7O2S. The van der Waals surface area contributed by atoms with Crippen LogP contribution in [0.15, 0.2) is 97.3 Å². The Hall–Kier alpha value is -5.26. The zero-order valence-corrected chi connectivity index (χ0v) is 25.8. The standard InChI is InChI=1S/C35H30FN7O2S/c1-42-21-30(40-41-42)24-13-14-27(29(36)18-24)35(45)43(26-8-5-16-37-20-26)33-28-19-32(46-31(28)15-17-38-33)22-9-11-23(12-10-22)34(44)39-25-6-3-2-4-7-25/h2-4,6-7,9-15,17-19,21,26,37H,5,8,16,20H2,1H3,(H,39,44)/t26-/m1/s1. The molecule has 1 aliphatic heterocycles. The third-order valence-corrected chi connectivity index (χ3v) is 9.22. The number of piperidine rings is 1. The fourth-order valence-electron chi connectivity index (χ4n) is 5.74. The van der Waals surface area contributed by atoms with E-state index in [4.69, 9.17) is 4.98 Å². The number of aryl methyl sites for hydroxylation is 1. The second-order valence-electron chi connectivity index (χ2n) is 11.2. The SMILES string of the molecule is Cn1cc(-c2ccc(C(=O)N(c3nccc4sc(-c5ccc(C(=O)Nc6ccccc6)cc5)cc34)[C@@H]3CCCNC3)c(F)c2)nn1. The lowest BCUT2D eigenvalue weighted by molar-refractivity contribution is 0.0966. The highest BCUT2D eigenvalue weighted by molar-refractivity contribution is 7.22. The molecule has 0 unspecified atom stereocenters. The predicted molar refractivity (Wildman–Crippen MR) is 179 cm³/mol. The highest BCUT2D eigenvalue weighted by Crippen LogP contribution is 2.39. The number of nitrogens with zero attached hydrogens (tertiary/aromatic N) is 5. The van der Waals surface area contributed by atoms with Crippen LogP contribution in [0.25, 0.3) is 31.8 Å². The van der Waals surface area contributed by atoms with Crippen LogP contribution in [0.4, 0.5) is 15.9 Å². The summed E-state index contributed by atoms with van der Waals surface area (Å²) < 4.78 is 18.1. The summed E-state index contributed by atoms with van der Waals surface area (Å²) >= 11 is 1.57. The van der Waals surface area contributed by atoms with Crippen molar-refractivity contribution in [1.29, 1.82) is 0 Å². The highest BCUT2D eigenvalue weighted by atomic mass is 32.1. The van der Waals surface area contributed by atoms with E-state index < -0.39 is 11.7 Å². The lowest BCUT2D eigenvalue weighted by Gasteiger charge is -2.34. The minimum absolute atomic E-state index is 0.0307. The van der Waals surface area contributed by atoms with Crippen LogP contribution in [-0.2, 0) is 7.05 Å². The highest BCUT2D eigenvalue weighted by Gasteiger charge is 2.32. The molecular weight excluding hydrogens is 601 g/mol. The van der Waals surface area contributed by atoms with Crippen LogP contribution in [-0.4, -0.2) is 50.9 Å². The first-order valence-corrected chi connectivity index (χ1v) is 15.8. The Labute approximate surface area is 268 Å². The molecule has 9 nitrogen and oxygen atoms in total. The van der Waals surface area contributed by atoms with Gasteiger partial charge in [-0.25, -0.2) is 9.37 Å². The molecule has 1 fully saturated rings. The number of rotatable bonds is 7. The first-order chi connectivity index (χ1) is 22.4. The van der Waals surface area contributed by atoms with Gasteiger partial charge in [-0.15, -0.1) is 16.4 Å². The van der Waals surface area contributed by atoms with Crippen molar-refractivity contribution in [3.05, 3.63) is 114 Å². The molecule has 1 atom stereocenters. The predicted octanol–water partition coefficient (Wildman–Crippen LogP) is 6.55. The summed E-state index contributed by atoms with van der Waals surface area (Å²) in [5.41, 5.74) is 3.25. The first-order valence-electron chi connectivity index (χ1n) is 15.0. The molecule has 46 heavy (non-hydrogen) atoms. The number of hydrogen-bond acceptors (Lipinski definition) is 7. The van der Waals surface area contributed by atoms with Crippen molar-refractivity contribution >= 4 is 44.7 Å². The molecule has 0 spiro atoms. The number of amides is 2. The fraction of sp³-hybridized carbons (Fsp3) is 0.171. The summed E-state index contributed by atoms with van der Waals surface area (Å²) in [5, 5.41) is 15.1. The van der Waals surface area contributed by atoms with Gasteiger partial charge in [-0.3, -0.25) is 19.2 Å². The van der Waals surface area contributed by atoms with E-state index in [1.54, 1.807) is 58.6 Å². The van der Waals surface area contributed by atoms with Gasteiger partial charge < -0.3 is 10.6 Å². The number of benzene rings is 3. The van der Waals surface area contributed by atoms with E-state index in [-0.39, 0.29) is 17.5 Å². The summed E-state index contributed by atoms with van der Waals surface area (Å²) in [7, 11) is 1.74. The van der Waals surface area contributed by atoms with Gasteiger partial charge in [0.05, 0.1) is 17.8 Å². The number of halogens is 1. The molecule has 3 aromatic heterocycles. The van der Waals surface area contributed by atoms with E-state index >= 15 is 4.39 Å². The molecule has 0 bridgehead atoms. The van der Waals surface area contributed by atoms with Crippen molar-refractivity contribution in [3.8, 4) is 21.7 Å². The molecule has 230 valence electrons. The molecule has 0 aliphatic carbocycles. The minimum atomic E-state index is -0.628. The number of para-hydroxylation sites is 1. The molecule has 1 aliphatic rings. The second-order valence-corrected chi connectivity index (χ2v) is 12.3. The Kier molecular flexibility index (Phi) is 8.08. The monoisotopic (exact) mass is 631 g/mol. The van der Waals surface area contributed by atoms with Crippen LogP contribution in [0.2, 0.25) is 0 Å². The topological polar surface area (TPSA) is 105 Å². The van der Waals surface area contributed by atoms with Crippen molar-refractivity contribution in [3.63, 3.8) is 0 Å². The van der Waals surface area contributed by atoms with Crippen molar-refractivity contribution in [2.45, 2.75) is 18.9 Å². The van der Waals surface area contributed by atoms with Crippen LogP contribution < -0.4 is 15.5 Å². The molecule has 0 radical (unpaired) electrons. The maximum absolute atomic E-state index is 15.6. The summed E-state index contributed by atoms with van der Waals surface area (Å²) in [5.74, 6) is -0.766. The minimum Gasteiger partial charge on any atom is -0.322 e. The summed E-state index contributed by atoms with van der Waals surface area (Å²) in [6.07, 6.45) is 5.04. The van der Waals surface area contributed by atoms with Crippen molar-refractivity contribution in [2.24, 2.45) is 7.05 Å².